The molecular formula is C13H18N2O3S. The van der Waals surface area contributed by atoms with Crippen molar-refractivity contribution in [1.29, 1.82) is 0 Å². The van der Waals surface area contributed by atoms with Crippen molar-refractivity contribution in [2.24, 2.45) is 0 Å². The Labute approximate surface area is 113 Å². The molecule has 6 heteroatoms. The third kappa shape index (κ3) is 3.34. The Balaban J connectivity index is 1.90. The fourth-order valence-corrected chi connectivity index (χ4v) is 2.54. The predicted octanol–water partition coefficient (Wildman–Crippen LogP) is 1.41. The Morgan fingerprint density at radius 1 is 1.26 bits per heavy atom. The van der Waals surface area contributed by atoms with Crippen LogP contribution in [0.3, 0.4) is 0 Å². The van der Waals surface area contributed by atoms with Crippen LogP contribution >= 0.6 is 0 Å². The van der Waals surface area contributed by atoms with Gasteiger partial charge in [0.25, 0.3) is 0 Å². The first-order valence-corrected chi connectivity index (χ1v) is 7.67. The highest BCUT2D eigenvalue weighted by atomic mass is 32.2. The lowest BCUT2D eigenvalue weighted by Gasteiger charge is -2.11. The second kappa shape index (κ2) is 5.73. The lowest BCUT2D eigenvalue weighted by molar-refractivity contribution is 0.517. The van der Waals surface area contributed by atoms with Gasteiger partial charge in [0.05, 0.1) is 12.0 Å². The Hall–Kier alpha value is -1.37. The zero-order valence-corrected chi connectivity index (χ0v) is 11.9. The number of benzene rings is 1. The molecule has 1 aromatic carbocycles. The average molecular weight is 282 g/mol. The molecule has 5 nitrogen and oxygen atoms in total. The molecule has 0 saturated heterocycles. The van der Waals surface area contributed by atoms with Crippen molar-refractivity contribution in [1.82, 2.24) is 9.62 Å². The molecule has 0 radical (unpaired) electrons. The van der Waals surface area contributed by atoms with Gasteiger partial charge in [-0.2, -0.15) is 0 Å². The summed E-state index contributed by atoms with van der Waals surface area (Å²) in [5, 5.41) is 4.19. The minimum Gasteiger partial charge on any atom is -0.464 e. The Kier molecular flexibility index (Phi) is 4.24. The Morgan fingerprint density at radius 3 is 2.74 bits per heavy atom. The summed E-state index contributed by atoms with van der Waals surface area (Å²) in [6.45, 7) is 1.01. The topological polar surface area (TPSA) is 62.6 Å². The molecule has 1 aromatic heterocycles. The highest BCUT2D eigenvalue weighted by molar-refractivity contribution is 7.89. The van der Waals surface area contributed by atoms with E-state index in [1.54, 1.807) is 20.4 Å². The molecule has 0 aliphatic heterocycles. The van der Waals surface area contributed by atoms with Gasteiger partial charge in [-0.15, -0.1) is 0 Å². The summed E-state index contributed by atoms with van der Waals surface area (Å²) >= 11 is 0. The van der Waals surface area contributed by atoms with Gasteiger partial charge in [-0.25, -0.2) is 12.7 Å². The fourth-order valence-electron chi connectivity index (χ4n) is 1.78. The molecule has 0 aliphatic carbocycles. The molecule has 19 heavy (non-hydrogen) atoms. The Morgan fingerprint density at radius 2 is 2.00 bits per heavy atom. The van der Waals surface area contributed by atoms with Crippen LogP contribution in [0.5, 0.6) is 0 Å². The summed E-state index contributed by atoms with van der Waals surface area (Å²) in [5.74, 6) is 0.0930. The van der Waals surface area contributed by atoms with E-state index >= 15 is 0 Å². The van der Waals surface area contributed by atoms with Crippen molar-refractivity contribution < 1.29 is 12.8 Å². The third-order valence-corrected chi connectivity index (χ3v) is 4.80. The largest absolute Gasteiger partial charge is 0.464 e. The van der Waals surface area contributed by atoms with Gasteiger partial charge in [-0.1, -0.05) is 18.2 Å². The molecule has 0 bridgehead atoms. The van der Waals surface area contributed by atoms with Crippen molar-refractivity contribution in [3.05, 3.63) is 36.1 Å². The molecule has 0 unspecified atom stereocenters. The maximum atomic E-state index is 11.6. The van der Waals surface area contributed by atoms with E-state index in [2.05, 4.69) is 5.32 Å². The number of rotatable bonds is 6. The molecule has 2 rings (SSSR count). The molecule has 1 N–H and O–H groups in total. The number of para-hydroxylation sites is 1. The van der Waals surface area contributed by atoms with Crippen LogP contribution in [0.1, 0.15) is 5.56 Å². The highest BCUT2D eigenvalue weighted by Gasteiger charge is 2.12. The molecule has 0 atom stereocenters. The van der Waals surface area contributed by atoms with Crippen LogP contribution in [0.4, 0.5) is 0 Å². The molecule has 104 valence electrons. The first kappa shape index (κ1) is 14.0. The lowest BCUT2D eigenvalue weighted by Crippen LogP contribution is -2.30. The average Bonchev–Trinajstić information content (AvgIpc) is 2.78. The summed E-state index contributed by atoms with van der Waals surface area (Å²) in [4.78, 5) is 0. The molecule has 0 fully saturated rings. The van der Waals surface area contributed by atoms with E-state index in [0.717, 1.165) is 16.5 Å². The first-order valence-electron chi connectivity index (χ1n) is 6.07. The molecule has 0 aliphatic rings. The number of nitrogens with one attached hydrogen (secondary N) is 1. The van der Waals surface area contributed by atoms with Crippen molar-refractivity contribution in [3.8, 4) is 0 Å². The molecule has 2 aromatic rings. The number of nitrogens with zero attached hydrogens (tertiary/aromatic N) is 1. The minimum absolute atomic E-state index is 0.0930. The molecule has 1 heterocycles. The minimum atomic E-state index is -3.13. The summed E-state index contributed by atoms with van der Waals surface area (Å²) in [5.41, 5.74) is 1.89. The zero-order chi connectivity index (χ0) is 13.9. The summed E-state index contributed by atoms with van der Waals surface area (Å²) in [6.07, 6.45) is 1.71. The summed E-state index contributed by atoms with van der Waals surface area (Å²) < 4.78 is 29.8. The van der Waals surface area contributed by atoms with Gasteiger partial charge in [0, 0.05) is 38.1 Å². The number of furan rings is 1. The monoisotopic (exact) mass is 282 g/mol. The van der Waals surface area contributed by atoms with Gasteiger partial charge >= 0.3 is 0 Å². The van der Waals surface area contributed by atoms with Gasteiger partial charge < -0.3 is 9.73 Å². The van der Waals surface area contributed by atoms with Crippen molar-refractivity contribution in [2.75, 3.05) is 26.4 Å². The predicted molar refractivity (Wildman–Crippen MR) is 75.4 cm³/mol. The number of hydrogen-bond acceptors (Lipinski definition) is 4. The second-order valence-corrected chi connectivity index (χ2v) is 6.83. The van der Waals surface area contributed by atoms with Gasteiger partial charge in [-0.3, -0.25) is 0 Å². The SMILES string of the molecule is CN(C)S(=O)(=O)CCNCc1coc2ccccc12. The van der Waals surface area contributed by atoms with Gasteiger partial charge in [0.2, 0.25) is 10.0 Å². The standard InChI is InChI=1S/C13H18N2O3S/c1-15(2)19(16,17)8-7-14-9-11-10-18-13-6-4-3-5-12(11)13/h3-6,10,14H,7-9H2,1-2H3. The maximum Gasteiger partial charge on any atom is 0.214 e. The normalized spacial score (nSPS) is 12.4. The van der Waals surface area contributed by atoms with Gasteiger partial charge in [0.15, 0.2) is 0 Å². The molecular weight excluding hydrogens is 264 g/mol. The van der Waals surface area contributed by atoms with Crippen LogP contribution in [-0.2, 0) is 16.6 Å². The van der Waals surface area contributed by atoms with Crippen molar-refractivity contribution in [3.63, 3.8) is 0 Å². The number of hydrogen-bond donors (Lipinski definition) is 1. The van der Waals surface area contributed by atoms with Gasteiger partial charge in [-0.05, 0) is 6.07 Å². The van der Waals surface area contributed by atoms with Crippen molar-refractivity contribution >= 4 is 21.0 Å². The Bertz CT molecular complexity index is 647. The number of fused-ring (bicyclic) bond motifs is 1. The first-order chi connectivity index (χ1) is 9.00. The molecule has 0 saturated carbocycles. The van der Waals surface area contributed by atoms with Crippen LogP contribution in [0.15, 0.2) is 34.9 Å². The number of sulfonamides is 1. The summed E-state index contributed by atoms with van der Waals surface area (Å²) in [6, 6.07) is 7.78. The molecule has 0 amide bonds. The highest BCUT2D eigenvalue weighted by Crippen LogP contribution is 2.20. The fraction of sp³-hybridized carbons (Fsp3) is 0.385. The van der Waals surface area contributed by atoms with Crippen LogP contribution in [-0.4, -0.2) is 39.1 Å². The van der Waals surface area contributed by atoms with E-state index in [-0.39, 0.29) is 5.75 Å². The molecule has 0 spiro atoms. The van der Waals surface area contributed by atoms with E-state index in [1.807, 2.05) is 24.3 Å². The van der Waals surface area contributed by atoms with Crippen LogP contribution < -0.4 is 5.32 Å². The van der Waals surface area contributed by atoms with E-state index in [0.29, 0.717) is 13.1 Å². The van der Waals surface area contributed by atoms with Crippen molar-refractivity contribution in [2.45, 2.75) is 6.54 Å². The summed E-state index contributed by atoms with van der Waals surface area (Å²) in [7, 11) is -0.0532. The third-order valence-electron chi connectivity index (χ3n) is 2.97. The maximum absolute atomic E-state index is 11.6. The van der Waals surface area contributed by atoms with Gasteiger partial charge in [0.1, 0.15) is 5.58 Å². The smallest absolute Gasteiger partial charge is 0.214 e. The second-order valence-electron chi connectivity index (χ2n) is 4.53. The van der Waals surface area contributed by atoms with E-state index in [1.165, 1.54) is 4.31 Å². The van der Waals surface area contributed by atoms with E-state index < -0.39 is 10.0 Å². The van der Waals surface area contributed by atoms with E-state index in [4.69, 9.17) is 4.42 Å². The van der Waals surface area contributed by atoms with E-state index in [9.17, 15) is 8.42 Å². The lowest BCUT2D eigenvalue weighted by atomic mass is 10.2. The quantitative estimate of drug-likeness (QED) is 0.814. The van der Waals surface area contributed by atoms with Crippen LogP contribution in [0, 0.1) is 0 Å². The van der Waals surface area contributed by atoms with Crippen LogP contribution in [0.25, 0.3) is 11.0 Å². The zero-order valence-electron chi connectivity index (χ0n) is 11.1. The van der Waals surface area contributed by atoms with Crippen LogP contribution in [0.2, 0.25) is 0 Å².